The van der Waals surface area contributed by atoms with Crippen molar-refractivity contribution in [2.45, 2.75) is 84.2 Å². The highest BCUT2D eigenvalue weighted by Crippen LogP contribution is 2.61. The average molecular weight is 370 g/mol. The molecule has 1 aromatic carbocycles. The summed E-state index contributed by atoms with van der Waals surface area (Å²) in [7, 11) is 0. The molecule has 148 valence electrons. The predicted octanol–water partition coefficient (Wildman–Crippen LogP) is 4.13. The number of hydrogen-bond donors (Lipinski definition) is 1. The van der Waals surface area contributed by atoms with E-state index in [2.05, 4.69) is 55.3 Å². The zero-order chi connectivity index (χ0) is 19.1. The molecule has 3 aliphatic rings. The number of benzene rings is 1. The van der Waals surface area contributed by atoms with Gasteiger partial charge in [-0.05, 0) is 50.2 Å². The van der Waals surface area contributed by atoms with Gasteiger partial charge < -0.3 is 10.2 Å². The number of rotatable bonds is 5. The van der Waals surface area contributed by atoms with E-state index in [1.54, 1.807) is 0 Å². The fraction of sp³-hybridized carbons (Fsp3) is 0.708. The quantitative estimate of drug-likeness (QED) is 0.832. The maximum Gasteiger partial charge on any atom is 0.282 e. The Labute approximate surface area is 164 Å². The molecule has 0 heterocycles. The Morgan fingerprint density at radius 2 is 1.78 bits per heavy atom. The first kappa shape index (κ1) is 19.0. The van der Waals surface area contributed by atoms with Crippen molar-refractivity contribution in [3.05, 3.63) is 30.3 Å². The summed E-state index contributed by atoms with van der Waals surface area (Å²) < 4.78 is 0. The lowest BCUT2D eigenvalue weighted by atomic mass is 9.68. The summed E-state index contributed by atoms with van der Waals surface area (Å²) in [6.45, 7) is 7.92. The van der Waals surface area contributed by atoms with Crippen molar-refractivity contribution in [2.75, 3.05) is 11.4 Å². The van der Waals surface area contributed by atoms with Crippen molar-refractivity contribution < 1.29 is 10.1 Å². The van der Waals surface area contributed by atoms with Gasteiger partial charge in [0.05, 0.1) is 6.04 Å². The topological polar surface area (TPSA) is 36.9 Å². The molecule has 3 saturated carbocycles. The van der Waals surface area contributed by atoms with Crippen LogP contribution in [0.2, 0.25) is 0 Å². The van der Waals surface area contributed by atoms with Crippen LogP contribution in [0, 0.1) is 16.7 Å². The summed E-state index contributed by atoms with van der Waals surface area (Å²) in [6.07, 6.45) is 10.2. The third-order valence-corrected chi connectivity index (χ3v) is 8.15. The Morgan fingerprint density at radius 1 is 1.07 bits per heavy atom. The number of para-hydroxylation sites is 1. The number of carbonyl (C=O) groups excluding carboxylic acids is 1. The first-order valence-electron chi connectivity index (χ1n) is 11.1. The molecule has 0 aliphatic heterocycles. The summed E-state index contributed by atoms with van der Waals surface area (Å²) in [5.74, 6) is 1.14. The van der Waals surface area contributed by atoms with Gasteiger partial charge in [0.15, 0.2) is 6.54 Å². The predicted molar refractivity (Wildman–Crippen MR) is 111 cm³/mol. The number of nitrogens with two attached hydrogens (primary N) is 1. The molecule has 0 saturated heterocycles. The zero-order valence-corrected chi connectivity index (χ0v) is 17.4. The van der Waals surface area contributed by atoms with Gasteiger partial charge in [0.2, 0.25) is 0 Å². The number of carbonyl (C=O) groups is 1. The van der Waals surface area contributed by atoms with E-state index in [0.717, 1.165) is 24.4 Å². The van der Waals surface area contributed by atoms with Crippen molar-refractivity contribution in [1.29, 1.82) is 0 Å². The van der Waals surface area contributed by atoms with Gasteiger partial charge >= 0.3 is 0 Å². The van der Waals surface area contributed by atoms with E-state index >= 15 is 0 Å². The molecule has 3 nitrogen and oxygen atoms in total. The molecule has 3 aliphatic carbocycles. The lowest BCUT2D eigenvalue weighted by Crippen LogP contribution is -2.96. The SMILES string of the molecule is CC1(C)[C@@H]2CC[C@@](C)(C2)[C@H]1[NH2+]CC(=O)N(c1ccccc1)C1CCCCC1. The minimum absolute atomic E-state index is 0.301. The van der Waals surface area contributed by atoms with Gasteiger partial charge in [-0.1, -0.05) is 58.2 Å². The Kier molecular flexibility index (Phi) is 5.09. The van der Waals surface area contributed by atoms with Gasteiger partial charge in [-0.3, -0.25) is 4.79 Å². The van der Waals surface area contributed by atoms with Crippen molar-refractivity contribution in [3.8, 4) is 0 Å². The fourth-order valence-corrected chi connectivity index (χ4v) is 6.73. The van der Waals surface area contributed by atoms with Gasteiger partial charge in [0.1, 0.15) is 0 Å². The van der Waals surface area contributed by atoms with Crippen molar-refractivity contribution in [1.82, 2.24) is 0 Å². The maximum atomic E-state index is 13.4. The summed E-state index contributed by atoms with van der Waals surface area (Å²) in [4.78, 5) is 15.6. The number of quaternary nitrogens is 1. The molecule has 2 bridgehead atoms. The van der Waals surface area contributed by atoms with Gasteiger partial charge in [-0.25, -0.2) is 0 Å². The van der Waals surface area contributed by atoms with Crippen LogP contribution in [0.3, 0.4) is 0 Å². The molecule has 2 N–H and O–H groups in total. The van der Waals surface area contributed by atoms with Gasteiger partial charge in [0, 0.05) is 22.6 Å². The monoisotopic (exact) mass is 369 g/mol. The molecule has 1 amide bonds. The Balaban J connectivity index is 1.49. The Bertz CT molecular complexity index is 659. The van der Waals surface area contributed by atoms with E-state index < -0.39 is 0 Å². The summed E-state index contributed by atoms with van der Waals surface area (Å²) in [6, 6.07) is 11.3. The largest absolute Gasteiger partial charge is 0.335 e. The summed E-state index contributed by atoms with van der Waals surface area (Å²) in [5.41, 5.74) is 1.84. The molecule has 3 fully saturated rings. The highest BCUT2D eigenvalue weighted by molar-refractivity contribution is 5.94. The first-order valence-corrected chi connectivity index (χ1v) is 11.1. The molecule has 0 spiro atoms. The molecular weight excluding hydrogens is 332 g/mol. The second-order valence-electron chi connectivity index (χ2n) is 10.2. The highest BCUT2D eigenvalue weighted by Gasteiger charge is 2.61. The van der Waals surface area contributed by atoms with Crippen LogP contribution in [0.15, 0.2) is 30.3 Å². The number of anilines is 1. The minimum Gasteiger partial charge on any atom is -0.335 e. The molecule has 1 aromatic rings. The number of fused-ring (bicyclic) bond motifs is 2. The summed E-state index contributed by atoms with van der Waals surface area (Å²) >= 11 is 0. The third kappa shape index (κ3) is 3.44. The van der Waals surface area contributed by atoms with Gasteiger partial charge in [0.25, 0.3) is 5.91 Å². The van der Waals surface area contributed by atoms with Crippen LogP contribution in [0.5, 0.6) is 0 Å². The number of hydrogen-bond acceptors (Lipinski definition) is 1. The van der Waals surface area contributed by atoms with E-state index in [1.165, 1.54) is 38.5 Å². The third-order valence-electron chi connectivity index (χ3n) is 8.15. The summed E-state index contributed by atoms with van der Waals surface area (Å²) in [5, 5.41) is 2.40. The molecule has 0 radical (unpaired) electrons. The standard InChI is InChI=1S/C24H36N2O/c1-23(2)18-14-15-24(3,16-18)22(23)25-17-21(27)26(19-10-6-4-7-11-19)20-12-8-5-9-13-20/h4,6-7,10-11,18,20,22,25H,5,8-9,12-17H2,1-3H3/p+1/t18-,22+,24+/m1/s1. The van der Waals surface area contributed by atoms with Crippen LogP contribution >= 0.6 is 0 Å². The van der Waals surface area contributed by atoms with E-state index in [1.807, 2.05) is 6.07 Å². The lowest BCUT2D eigenvalue weighted by Gasteiger charge is -2.41. The molecular formula is C24H37N2O+. The minimum atomic E-state index is 0.301. The highest BCUT2D eigenvalue weighted by atomic mass is 16.2. The van der Waals surface area contributed by atoms with Gasteiger partial charge in [-0.2, -0.15) is 0 Å². The lowest BCUT2D eigenvalue weighted by molar-refractivity contribution is -0.703. The molecule has 0 unspecified atom stereocenters. The van der Waals surface area contributed by atoms with E-state index in [9.17, 15) is 4.79 Å². The zero-order valence-electron chi connectivity index (χ0n) is 17.4. The maximum absolute atomic E-state index is 13.4. The van der Waals surface area contributed by atoms with Crippen LogP contribution in [0.4, 0.5) is 5.69 Å². The van der Waals surface area contributed by atoms with Crippen molar-refractivity contribution in [2.24, 2.45) is 16.7 Å². The molecule has 0 aromatic heterocycles. The Morgan fingerprint density at radius 3 is 2.41 bits per heavy atom. The molecule has 3 atom stereocenters. The molecule has 3 heteroatoms. The van der Waals surface area contributed by atoms with Crippen LogP contribution in [-0.4, -0.2) is 24.5 Å². The van der Waals surface area contributed by atoms with Crippen molar-refractivity contribution >= 4 is 11.6 Å². The molecule has 27 heavy (non-hydrogen) atoms. The van der Waals surface area contributed by atoms with E-state index in [0.29, 0.717) is 35.4 Å². The normalized spacial score (nSPS) is 32.6. The van der Waals surface area contributed by atoms with Crippen molar-refractivity contribution in [3.63, 3.8) is 0 Å². The van der Waals surface area contributed by atoms with Gasteiger partial charge in [-0.15, -0.1) is 0 Å². The number of nitrogens with zero attached hydrogens (tertiary/aromatic N) is 1. The smallest absolute Gasteiger partial charge is 0.282 e. The number of amides is 1. The van der Waals surface area contributed by atoms with Crippen LogP contribution in [0.25, 0.3) is 0 Å². The van der Waals surface area contributed by atoms with E-state index in [-0.39, 0.29) is 0 Å². The van der Waals surface area contributed by atoms with E-state index in [4.69, 9.17) is 0 Å². The second-order valence-corrected chi connectivity index (χ2v) is 10.2. The second kappa shape index (κ2) is 7.24. The average Bonchev–Trinajstić information content (AvgIpc) is 3.14. The van der Waals surface area contributed by atoms with Crippen LogP contribution in [-0.2, 0) is 4.79 Å². The Hall–Kier alpha value is -1.35. The fourth-order valence-electron chi connectivity index (χ4n) is 6.73. The van der Waals surface area contributed by atoms with Crippen LogP contribution in [0.1, 0.15) is 72.1 Å². The first-order chi connectivity index (χ1) is 12.9. The molecule has 4 rings (SSSR count). The van der Waals surface area contributed by atoms with Crippen LogP contribution < -0.4 is 10.2 Å².